The summed E-state index contributed by atoms with van der Waals surface area (Å²) >= 11 is 1.53. The van der Waals surface area contributed by atoms with Gasteiger partial charge < -0.3 is 5.32 Å². The van der Waals surface area contributed by atoms with Crippen molar-refractivity contribution in [1.82, 2.24) is 15.3 Å². The highest BCUT2D eigenvalue weighted by Crippen LogP contribution is 2.24. The van der Waals surface area contributed by atoms with E-state index in [4.69, 9.17) is 0 Å². The van der Waals surface area contributed by atoms with Gasteiger partial charge in [-0.1, -0.05) is 0 Å². The SMILES string of the molecule is CNC(c1cncc(F)c1)c1cncs1. The number of hydrogen-bond donors (Lipinski definition) is 1. The molecule has 0 aliphatic heterocycles. The zero-order valence-corrected chi connectivity index (χ0v) is 8.96. The third kappa shape index (κ3) is 2.19. The number of rotatable bonds is 3. The third-order valence-corrected chi connectivity index (χ3v) is 2.92. The van der Waals surface area contributed by atoms with E-state index in [1.165, 1.54) is 23.6 Å². The van der Waals surface area contributed by atoms with Crippen molar-refractivity contribution < 1.29 is 4.39 Å². The van der Waals surface area contributed by atoms with Crippen LogP contribution in [0.2, 0.25) is 0 Å². The maximum Gasteiger partial charge on any atom is 0.141 e. The van der Waals surface area contributed by atoms with Crippen molar-refractivity contribution in [2.75, 3.05) is 7.05 Å². The fraction of sp³-hybridized carbons (Fsp3) is 0.200. The Kier molecular flexibility index (Phi) is 3.03. The van der Waals surface area contributed by atoms with Crippen LogP contribution in [0, 0.1) is 5.82 Å². The van der Waals surface area contributed by atoms with Crippen LogP contribution in [-0.2, 0) is 0 Å². The summed E-state index contributed by atoms with van der Waals surface area (Å²) in [5.41, 5.74) is 2.56. The molecule has 78 valence electrons. The van der Waals surface area contributed by atoms with E-state index in [1.807, 2.05) is 7.05 Å². The monoisotopic (exact) mass is 223 g/mol. The van der Waals surface area contributed by atoms with E-state index in [2.05, 4.69) is 15.3 Å². The van der Waals surface area contributed by atoms with Gasteiger partial charge in [-0.25, -0.2) is 4.39 Å². The fourth-order valence-corrected chi connectivity index (χ4v) is 2.18. The van der Waals surface area contributed by atoms with Gasteiger partial charge in [0.25, 0.3) is 0 Å². The molecule has 2 rings (SSSR count). The van der Waals surface area contributed by atoms with Crippen LogP contribution in [0.3, 0.4) is 0 Å². The minimum Gasteiger partial charge on any atom is -0.309 e. The quantitative estimate of drug-likeness (QED) is 0.864. The summed E-state index contributed by atoms with van der Waals surface area (Å²) in [6.07, 6.45) is 4.63. The summed E-state index contributed by atoms with van der Waals surface area (Å²) in [5.74, 6) is -0.322. The predicted octanol–water partition coefficient (Wildman–Crippen LogP) is 1.99. The van der Waals surface area contributed by atoms with Crippen molar-refractivity contribution in [3.05, 3.63) is 46.4 Å². The minimum atomic E-state index is -0.322. The summed E-state index contributed by atoms with van der Waals surface area (Å²) in [4.78, 5) is 8.88. The van der Waals surface area contributed by atoms with Gasteiger partial charge in [0.15, 0.2) is 0 Å². The average Bonchev–Trinajstić information content (AvgIpc) is 2.72. The molecule has 1 unspecified atom stereocenters. The van der Waals surface area contributed by atoms with Crippen molar-refractivity contribution >= 4 is 11.3 Å². The number of nitrogens with zero attached hydrogens (tertiary/aromatic N) is 2. The Labute approximate surface area is 91.0 Å². The first-order chi connectivity index (χ1) is 7.31. The molecule has 0 aliphatic rings. The Morgan fingerprint density at radius 2 is 2.20 bits per heavy atom. The van der Waals surface area contributed by atoms with Gasteiger partial charge in [0.05, 0.1) is 17.7 Å². The molecule has 3 nitrogen and oxygen atoms in total. The summed E-state index contributed by atoms with van der Waals surface area (Å²) in [6, 6.07) is 1.44. The van der Waals surface area contributed by atoms with Crippen LogP contribution in [0.5, 0.6) is 0 Å². The highest BCUT2D eigenvalue weighted by Gasteiger charge is 2.14. The second kappa shape index (κ2) is 4.46. The van der Waals surface area contributed by atoms with Crippen LogP contribution in [-0.4, -0.2) is 17.0 Å². The number of nitrogens with one attached hydrogen (secondary N) is 1. The van der Waals surface area contributed by atoms with Crippen molar-refractivity contribution in [2.45, 2.75) is 6.04 Å². The molecule has 2 aromatic rings. The van der Waals surface area contributed by atoms with Crippen molar-refractivity contribution in [2.24, 2.45) is 0 Å². The number of halogens is 1. The van der Waals surface area contributed by atoms with Crippen LogP contribution in [0.15, 0.2) is 30.2 Å². The molecule has 2 aromatic heterocycles. The van der Waals surface area contributed by atoms with Gasteiger partial charge in [-0.3, -0.25) is 9.97 Å². The molecule has 0 fully saturated rings. The molecular weight excluding hydrogens is 213 g/mol. The number of hydrogen-bond acceptors (Lipinski definition) is 4. The maximum atomic E-state index is 13.0. The lowest BCUT2D eigenvalue weighted by Gasteiger charge is -2.13. The summed E-state index contributed by atoms with van der Waals surface area (Å²) < 4.78 is 13.0. The second-order valence-corrected chi connectivity index (χ2v) is 3.98. The highest BCUT2D eigenvalue weighted by atomic mass is 32.1. The normalized spacial score (nSPS) is 12.7. The maximum absolute atomic E-state index is 13.0. The number of aromatic nitrogens is 2. The van der Waals surface area contributed by atoms with E-state index >= 15 is 0 Å². The van der Waals surface area contributed by atoms with Crippen LogP contribution in [0.4, 0.5) is 4.39 Å². The lowest BCUT2D eigenvalue weighted by Crippen LogP contribution is -2.16. The van der Waals surface area contributed by atoms with E-state index in [0.717, 1.165) is 10.4 Å². The van der Waals surface area contributed by atoms with Crippen molar-refractivity contribution in [3.8, 4) is 0 Å². The van der Waals surface area contributed by atoms with Crippen LogP contribution >= 0.6 is 11.3 Å². The van der Waals surface area contributed by atoms with Gasteiger partial charge >= 0.3 is 0 Å². The van der Waals surface area contributed by atoms with Gasteiger partial charge in [-0.05, 0) is 18.7 Å². The zero-order valence-electron chi connectivity index (χ0n) is 8.14. The van der Waals surface area contributed by atoms with E-state index in [0.29, 0.717) is 0 Å². The smallest absolute Gasteiger partial charge is 0.141 e. The molecule has 0 spiro atoms. The van der Waals surface area contributed by atoms with Gasteiger partial charge in [0.1, 0.15) is 5.82 Å². The lowest BCUT2D eigenvalue weighted by molar-refractivity contribution is 0.610. The Bertz CT molecular complexity index is 430. The first-order valence-electron chi connectivity index (χ1n) is 4.47. The molecular formula is C10H10FN3S. The van der Waals surface area contributed by atoms with Gasteiger partial charge in [-0.15, -0.1) is 11.3 Å². The Balaban J connectivity index is 2.35. The third-order valence-electron chi connectivity index (χ3n) is 2.08. The van der Waals surface area contributed by atoms with E-state index < -0.39 is 0 Å². The topological polar surface area (TPSA) is 37.8 Å². The van der Waals surface area contributed by atoms with Crippen LogP contribution < -0.4 is 5.32 Å². The molecule has 1 N–H and O–H groups in total. The standard InChI is InChI=1S/C10H10FN3S/c1-12-10(9-5-14-6-15-9)7-2-8(11)4-13-3-7/h2-6,10,12H,1H3. The van der Waals surface area contributed by atoms with Crippen molar-refractivity contribution in [3.63, 3.8) is 0 Å². The van der Waals surface area contributed by atoms with E-state index in [-0.39, 0.29) is 11.9 Å². The molecule has 0 saturated heterocycles. The fourth-order valence-electron chi connectivity index (χ4n) is 1.43. The molecule has 0 aliphatic carbocycles. The van der Waals surface area contributed by atoms with E-state index in [9.17, 15) is 4.39 Å². The van der Waals surface area contributed by atoms with Crippen LogP contribution in [0.1, 0.15) is 16.5 Å². The lowest BCUT2D eigenvalue weighted by atomic mass is 10.1. The first kappa shape index (κ1) is 10.2. The molecule has 15 heavy (non-hydrogen) atoms. The summed E-state index contributed by atoms with van der Waals surface area (Å²) in [6.45, 7) is 0. The predicted molar refractivity (Wildman–Crippen MR) is 57.2 cm³/mol. The van der Waals surface area contributed by atoms with Gasteiger partial charge in [-0.2, -0.15) is 0 Å². The summed E-state index contributed by atoms with van der Waals surface area (Å²) in [7, 11) is 1.83. The largest absolute Gasteiger partial charge is 0.309 e. The number of thiazole rings is 1. The van der Waals surface area contributed by atoms with Gasteiger partial charge in [0.2, 0.25) is 0 Å². The molecule has 0 amide bonds. The molecule has 2 heterocycles. The second-order valence-electron chi connectivity index (χ2n) is 3.06. The molecule has 0 aromatic carbocycles. The minimum absolute atomic E-state index is 0.0410. The Morgan fingerprint density at radius 1 is 1.33 bits per heavy atom. The molecule has 1 atom stereocenters. The van der Waals surface area contributed by atoms with Crippen molar-refractivity contribution in [1.29, 1.82) is 0 Å². The van der Waals surface area contributed by atoms with Crippen LogP contribution in [0.25, 0.3) is 0 Å². The van der Waals surface area contributed by atoms with E-state index in [1.54, 1.807) is 17.9 Å². The molecule has 0 saturated carbocycles. The summed E-state index contributed by atoms with van der Waals surface area (Å²) in [5, 5.41) is 3.11. The Hall–Kier alpha value is -1.33. The molecule has 5 heteroatoms. The zero-order chi connectivity index (χ0) is 10.7. The van der Waals surface area contributed by atoms with Gasteiger partial charge in [0, 0.05) is 17.3 Å². The average molecular weight is 223 g/mol. The molecule has 0 bridgehead atoms. The highest BCUT2D eigenvalue weighted by molar-refractivity contribution is 7.09. The molecule has 0 radical (unpaired) electrons. The number of pyridine rings is 1. The Morgan fingerprint density at radius 3 is 2.80 bits per heavy atom. The first-order valence-corrected chi connectivity index (χ1v) is 5.35.